The standard InChI is InChI=1S/C18H23N3O3/c1-13-4-6-15(7-5-13)24-11-17(22)21-8-14(10-23-3)18-16(9-21)19-12-20(18)2/h4-7,12,14H,8-11H2,1-3H3/t14-/m1/s1. The molecule has 0 saturated carbocycles. The number of hydrogen-bond acceptors (Lipinski definition) is 4. The van der Waals surface area contributed by atoms with Crippen molar-refractivity contribution in [3.63, 3.8) is 0 Å². The van der Waals surface area contributed by atoms with Gasteiger partial charge in [-0.05, 0) is 19.1 Å². The maximum atomic E-state index is 12.5. The number of benzene rings is 1. The van der Waals surface area contributed by atoms with Gasteiger partial charge in [-0.15, -0.1) is 0 Å². The number of imidazole rings is 1. The number of nitrogens with zero attached hydrogens (tertiary/aromatic N) is 3. The van der Waals surface area contributed by atoms with Gasteiger partial charge >= 0.3 is 0 Å². The fourth-order valence-corrected chi connectivity index (χ4v) is 3.13. The van der Waals surface area contributed by atoms with Gasteiger partial charge in [0.1, 0.15) is 5.75 Å². The van der Waals surface area contributed by atoms with Crippen molar-refractivity contribution in [3.8, 4) is 5.75 Å². The molecular formula is C18H23N3O3. The second-order valence-corrected chi connectivity index (χ2v) is 6.22. The Bertz CT molecular complexity index is 709. The van der Waals surface area contributed by atoms with E-state index in [9.17, 15) is 4.79 Å². The van der Waals surface area contributed by atoms with E-state index in [2.05, 4.69) is 4.98 Å². The van der Waals surface area contributed by atoms with Crippen molar-refractivity contribution in [1.82, 2.24) is 14.5 Å². The molecule has 3 rings (SSSR count). The van der Waals surface area contributed by atoms with Crippen molar-refractivity contribution in [2.24, 2.45) is 7.05 Å². The molecule has 0 aliphatic carbocycles. The van der Waals surface area contributed by atoms with Crippen LogP contribution in [0.1, 0.15) is 22.9 Å². The van der Waals surface area contributed by atoms with Gasteiger partial charge in [-0.3, -0.25) is 4.79 Å². The lowest BCUT2D eigenvalue weighted by molar-refractivity contribution is -0.135. The van der Waals surface area contributed by atoms with Gasteiger partial charge in [0.2, 0.25) is 0 Å². The first-order valence-corrected chi connectivity index (χ1v) is 8.04. The summed E-state index contributed by atoms with van der Waals surface area (Å²) in [5.74, 6) is 0.806. The van der Waals surface area contributed by atoms with Crippen LogP contribution in [0.3, 0.4) is 0 Å². The van der Waals surface area contributed by atoms with Crippen molar-refractivity contribution < 1.29 is 14.3 Å². The Labute approximate surface area is 142 Å². The van der Waals surface area contributed by atoms with Crippen molar-refractivity contribution in [1.29, 1.82) is 0 Å². The lowest BCUT2D eigenvalue weighted by atomic mass is 9.99. The Kier molecular flexibility index (Phi) is 4.85. The van der Waals surface area contributed by atoms with E-state index in [1.165, 1.54) is 0 Å². The van der Waals surface area contributed by atoms with Crippen molar-refractivity contribution in [3.05, 3.63) is 47.5 Å². The fraction of sp³-hybridized carbons (Fsp3) is 0.444. The SMILES string of the molecule is COC[C@H]1CN(C(=O)COc2ccc(C)cc2)Cc2ncn(C)c21. The van der Waals surface area contributed by atoms with E-state index in [1.807, 2.05) is 42.8 Å². The highest BCUT2D eigenvalue weighted by Crippen LogP contribution is 2.27. The van der Waals surface area contributed by atoms with Crippen LogP contribution < -0.4 is 4.74 Å². The molecule has 6 heteroatoms. The number of aryl methyl sites for hydroxylation is 2. The molecule has 6 nitrogen and oxygen atoms in total. The van der Waals surface area contributed by atoms with Crippen LogP contribution in [-0.4, -0.2) is 47.2 Å². The van der Waals surface area contributed by atoms with Gasteiger partial charge in [0.15, 0.2) is 6.61 Å². The van der Waals surface area contributed by atoms with Crippen LogP contribution in [0.15, 0.2) is 30.6 Å². The van der Waals surface area contributed by atoms with E-state index in [-0.39, 0.29) is 18.4 Å². The van der Waals surface area contributed by atoms with Crippen molar-refractivity contribution in [2.45, 2.75) is 19.4 Å². The number of amides is 1. The molecule has 1 aliphatic rings. The molecule has 0 bridgehead atoms. The van der Waals surface area contributed by atoms with Gasteiger partial charge in [-0.25, -0.2) is 4.98 Å². The summed E-state index contributed by atoms with van der Waals surface area (Å²) in [5.41, 5.74) is 3.25. The van der Waals surface area contributed by atoms with Gasteiger partial charge in [0, 0.05) is 32.3 Å². The second-order valence-electron chi connectivity index (χ2n) is 6.22. The number of methoxy groups -OCH3 is 1. The van der Waals surface area contributed by atoms with Gasteiger partial charge in [-0.2, -0.15) is 0 Å². The molecule has 0 fully saturated rings. The first-order valence-electron chi connectivity index (χ1n) is 8.04. The molecule has 2 aromatic rings. The van der Waals surface area contributed by atoms with E-state index in [0.29, 0.717) is 25.4 Å². The third kappa shape index (κ3) is 3.43. The highest BCUT2D eigenvalue weighted by Gasteiger charge is 2.31. The van der Waals surface area contributed by atoms with Gasteiger partial charge in [-0.1, -0.05) is 17.7 Å². The maximum absolute atomic E-state index is 12.5. The zero-order valence-electron chi connectivity index (χ0n) is 14.4. The zero-order valence-corrected chi connectivity index (χ0v) is 14.4. The van der Waals surface area contributed by atoms with E-state index in [1.54, 1.807) is 18.3 Å². The summed E-state index contributed by atoms with van der Waals surface area (Å²) in [7, 11) is 3.66. The predicted molar refractivity (Wildman–Crippen MR) is 89.9 cm³/mol. The quantitative estimate of drug-likeness (QED) is 0.840. The second kappa shape index (κ2) is 7.05. The molecule has 0 radical (unpaired) electrons. The Morgan fingerprint density at radius 3 is 2.79 bits per heavy atom. The van der Waals surface area contributed by atoms with E-state index in [0.717, 1.165) is 17.0 Å². The minimum Gasteiger partial charge on any atom is -0.484 e. The van der Waals surface area contributed by atoms with Crippen LogP contribution in [0, 0.1) is 6.92 Å². The Balaban J connectivity index is 1.66. The fourth-order valence-electron chi connectivity index (χ4n) is 3.13. The number of aromatic nitrogens is 2. The summed E-state index contributed by atoms with van der Waals surface area (Å²) < 4.78 is 13.0. The van der Waals surface area contributed by atoms with E-state index < -0.39 is 0 Å². The molecule has 2 heterocycles. The summed E-state index contributed by atoms with van der Waals surface area (Å²) in [5, 5.41) is 0. The van der Waals surface area contributed by atoms with Crippen LogP contribution in [0.25, 0.3) is 0 Å². The molecule has 1 aliphatic heterocycles. The van der Waals surface area contributed by atoms with Crippen LogP contribution >= 0.6 is 0 Å². The topological polar surface area (TPSA) is 56.6 Å². The first-order chi connectivity index (χ1) is 11.6. The number of carbonyl (C=O) groups is 1. The molecule has 24 heavy (non-hydrogen) atoms. The van der Waals surface area contributed by atoms with Crippen LogP contribution in [0.2, 0.25) is 0 Å². The maximum Gasteiger partial charge on any atom is 0.260 e. The van der Waals surface area contributed by atoms with Crippen molar-refractivity contribution >= 4 is 5.91 Å². The lowest BCUT2D eigenvalue weighted by Gasteiger charge is -2.32. The van der Waals surface area contributed by atoms with Crippen molar-refractivity contribution in [2.75, 3.05) is 26.9 Å². The summed E-state index contributed by atoms with van der Waals surface area (Å²) in [6.45, 7) is 3.76. The number of fused-ring (bicyclic) bond motifs is 1. The smallest absolute Gasteiger partial charge is 0.260 e. The van der Waals surface area contributed by atoms with Crippen LogP contribution in [-0.2, 0) is 23.1 Å². The number of ether oxygens (including phenoxy) is 2. The lowest BCUT2D eigenvalue weighted by Crippen LogP contribution is -2.42. The van der Waals surface area contributed by atoms with E-state index in [4.69, 9.17) is 9.47 Å². The Morgan fingerprint density at radius 1 is 1.33 bits per heavy atom. The molecule has 0 saturated heterocycles. The first kappa shape index (κ1) is 16.5. The summed E-state index contributed by atoms with van der Waals surface area (Å²) in [6.07, 6.45) is 1.80. The summed E-state index contributed by atoms with van der Waals surface area (Å²) in [4.78, 5) is 18.8. The number of hydrogen-bond donors (Lipinski definition) is 0. The average molecular weight is 329 g/mol. The molecule has 0 spiro atoms. The Hall–Kier alpha value is -2.34. The zero-order chi connectivity index (χ0) is 17.1. The minimum absolute atomic E-state index is 0.0327. The third-order valence-corrected chi connectivity index (χ3v) is 4.33. The normalized spacial score (nSPS) is 16.8. The van der Waals surface area contributed by atoms with E-state index >= 15 is 0 Å². The average Bonchev–Trinajstić information content (AvgIpc) is 2.96. The highest BCUT2D eigenvalue weighted by atomic mass is 16.5. The van der Waals surface area contributed by atoms with Gasteiger partial charge in [0.25, 0.3) is 5.91 Å². The highest BCUT2D eigenvalue weighted by molar-refractivity contribution is 5.78. The summed E-state index contributed by atoms with van der Waals surface area (Å²) in [6, 6.07) is 7.69. The number of carbonyl (C=O) groups excluding carboxylic acids is 1. The predicted octanol–water partition coefficient (Wildman–Crippen LogP) is 1.88. The Morgan fingerprint density at radius 2 is 2.08 bits per heavy atom. The molecule has 1 aromatic heterocycles. The van der Waals surface area contributed by atoms with Crippen LogP contribution in [0.5, 0.6) is 5.75 Å². The molecule has 1 atom stereocenters. The molecule has 1 aromatic carbocycles. The molecule has 128 valence electrons. The molecule has 0 unspecified atom stereocenters. The van der Waals surface area contributed by atoms with Gasteiger partial charge in [0.05, 0.1) is 25.2 Å². The monoisotopic (exact) mass is 329 g/mol. The minimum atomic E-state index is -0.0343. The van der Waals surface area contributed by atoms with Crippen LogP contribution in [0.4, 0.5) is 0 Å². The third-order valence-electron chi connectivity index (χ3n) is 4.33. The largest absolute Gasteiger partial charge is 0.484 e. The summed E-state index contributed by atoms with van der Waals surface area (Å²) >= 11 is 0. The molecule has 0 N–H and O–H groups in total. The molecule has 1 amide bonds. The number of rotatable bonds is 5. The van der Waals surface area contributed by atoms with Gasteiger partial charge < -0.3 is 18.9 Å². The molecular weight excluding hydrogens is 306 g/mol.